The largest absolute Gasteiger partial charge is 0.462 e. The van der Waals surface area contributed by atoms with Crippen LogP contribution in [0.3, 0.4) is 0 Å². The van der Waals surface area contributed by atoms with Crippen molar-refractivity contribution in [1.82, 2.24) is 4.90 Å². The molecule has 0 saturated heterocycles. The van der Waals surface area contributed by atoms with Crippen molar-refractivity contribution in [2.45, 2.75) is 26.7 Å². The molecule has 0 spiro atoms. The van der Waals surface area contributed by atoms with Gasteiger partial charge < -0.3 is 24.6 Å². The summed E-state index contributed by atoms with van der Waals surface area (Å²) in [4.78, 5) is 25.5. The number of allylic oxidation sites excluding steroid dienone is 2. The maximum Gasteiger partial charge on any atom is 0.345 e. The molecule has 0 aromatic heterocycles. The first-order chi connectivity index (χ1) is 11.1. The molecular formula is C16H27NO6. The quantitative estimate of drug-likeness (QED) is 0.178. The zero-order valence-electron chi connectivity index (χ0n) is 13.9. The minimum absolute atomic E-state index is 0.0714. The number of carbonyl (C=O) groups excluding carboxylic acids is 2. The van der Waals surface area contributed by atoms with E-state index >= 15 is 0 Å². The second kappa shape index (κ2) is 13.8. The molecule has 132 valence electrons. The second-order valence-corrected chi connectivity index (χ2v) is 4.68. The zero-order valence-corrected chi connectivity index (χ0v) is 13.9. The molecule has 7 heteroatoms. The number of aliphatic hydroxyl groups excluding tert-OH is 2. The number of hydrogen-bond donors (Lipinski definition) is 2. The third-order valence-corrected chi connectivity index (χ3v) is 2.65. The maximum absolute atomic E-state index is 11.9. The van der Waals surface area contributed by atoms with Crippen LogP contribution < -0.4 is 0 Å². The fraction of sp³-hybridized carbons (Fsp3) is 0.625. The van der Waals surface area contributed by atoms with Gasteiger partial charge in [0.15, 0.2) is 0 Å². The molecule has 23 heavy (non-hydrogen) atoms. The summed E-state index contributed by atoms with van der Waals surface area (Å²) < 4.78 is 9.94. The van der Waals surface area contributed by atoms with Gasteiger partial charge in [-0.05, 0) is 31.2 Å². The van der Waals surface area contributed by atoms with Gasteiger partial charge in [-0.2, -0.15) is 0 Å². The summed E-state index contributed by atoms with van der Waals surface area (Å²) in [5.74, 6) is -1.46. The first-order valence-electron chi connectivity index (χ1n) is 7.79. The Bertz CT molecular complexity index is 377. The SMILES string of the molecule is CCCOC(=O)C(=CC=CN(CCO)CCO)C(=O)OCCC. The first kappa shape index (κ1) is 21.1. The summed E-state index contributed by atoms with van der Waals surface area (Å²) in [6, 6.07) is 0. The van der Waals surface area contributed by atoms with Crippen LogP contribution in [0.4, 0.5) is 0 Å². The Morgan fingerprint density at radius 3 is 1.83 bits per heavy atom. The molecule has 0 saturated carbocycles. The molecule has 0 aromatic rings. The van der Waals surface area contributed by atoms with E-state index < -0.39 is 11.9 Å². The molecular weight excluding hydrogens is 302 g/mol. The van der Waals surface area contributed by atoms with Crippen molar-refractivity contribution < 1.29 is 29.3 Å². The van der Waals surface area contributed by atoms with Gasteiger partial charge in [-0.15, -0.1) is 0 Å². The number of nitrogens with zero attached hydrogens (tertiary/aromatic N) is 1. The highest BCUT2D eigenvalue weighted by Gasteiger charge is 2.20. The molecule has 0 aliphatic rings. The molecule has 0 aliphatic carbocycles. The van der Waals surface area contributed by atoms with Gasteiger partial charge in [-0.25, -0.2) is 9.59 Å². The number of aliphatic hydroxyl groups is 2. The second-order valence-electron chi connectivity index (χ2n) is 4.68. The van der Waals surface area contributed by atoms with Crippen molar-refractivity contribution in [2.24, 2.45) is 0 Å². The Hall–Kier alpha value is -1.86. The van der Waals surface area contributed by atoms with Crippen LogP contribution in [0.15, 0.2) is 23.9 Å². The Balaban J connectivity index is 5.00. The van der Waals surface area contributed by atoms with Crippen LogP contribution in [-0.2, 0) is 19.1 Å². The number of hydrogen-bond acceptors (Lipinski definition) is 7. The highest BCUT2D eigenvalue weighted by molar-refractivity contribution is 6.14. The molecule has 0 fully saturated rings. The minimum atomic E-state index is -0.728. The standard InChI is InChI=1S/C16H27NO6/c1-3-12-22-15(20)14(16(21)23-13-4-2)6-5-7-17(8-10-18)9-11-19/h5-7,18-19H,3-4,8-13H2,1-2H3. The minimum Gasteiger partial charge on any atom is -0.462 e. The summed E-state index contributed by atoms with van der Waals surface area (Å²) in [6.07, 6.45) is 5.69. The summed E-state index contributed by atoms with van der Waals surface area (Å²) in [6.45, 7) is 4.68. The monoisotopic (exact) mass is 329 g/mol. The summed E-state index contributed by atoms with van der Waals surface area (Å²) in [5.41, 5.74) is -0.184. The lowest BCUT2D eigenvalue weighted by molar-refractivity contribution is -0.147. The van der Waals surface area contributed by atoms with Gasteiger partial charge >= 0.3 is 11.9 Å². The molecule has 0 aromatic carbocycles. The van der Waals surface area contributed by atoms with E-state index in [4.69, 9.17) is 19.7 Å². The van der Waals surface area contributed by atoms with Crippen molar-refractivity contribution in [2.75, 3.05) is 39.5 Å². The van der Waals surface area contributed by atoms with E-state index in [-0.39, 0.29) is 32.0 Å². The van der Waals surface area contributed by atoms with Crippen LogP contribution in [-0.4, -0.2) is 66.6 Å². The van der Waals surface area contributed by atoms with Crippen molar-refractivity contribution in [3.63, 3.8) is 0 Å². The van der Waals surface area contributed by atoms with Crippen LogP contribution in [0.1, 0.15) is 26.7 Å². The third-order valence-electron chi connectivity index (χ3n) is 2.65. The van der Waals surface area contributed by atoms with E-state index in [1.54, 1.807) is 11.1 Å². The van der Waals surface area contributed by atoms with Crippen LogP contribution in [0, 0.1) is 0 Å². The van der Waals surface area contributed by atoms with E-state index in [0.717, 1.165) is 0 Å². The molecule has 2 N–H and O–H groups in total. The number of carbonyl (C=O) groups is 2. The van der Waals surface area contributed by atoms with E-state index in [0.29, 0.717) is 25.9 Å². The molecule has 0 amide bonds. The van der Waals surface area contributed by atoms with Crippen molar-refractivity contribution >= 4 is 11.9 Å². The third kappa shape index (κ3) is 9.70. The number of rotatable bonds is 12. The Labute approximate surface area is 137 Å². The Kier molecular flexibility index (Phi) is 12.7. The number of esters is 2. The lowest BCUT2D eigenvalue weighted by Crippen LogP contribution is -2.24. The smallest absolute Gasteiger partial charge is 0.345 e. The molecule has 0 heterocycles. The van der Waals surface area contributed by atoms with Gasteiger partial charge in [0.05, 0.1) is 26.4 Å². The molecule has 0 aliphatic heterocycles. The summed E-state index contributed by atoms with van der Waals surface area (Å²) in [7, 11) is 0. The topological polar surface area (TPSA) is 96.3 Å². The highest BCUT2D eigenvalue weighted by Crippen LogP contribution is 2.04. The number of ether oxygens (including phenoxy) is 2. The van der Waals surface area contributed by atoms with Gasteiger partial charge in [-0.1, -0.05) is 13.8 Å². The highest BCUT2D eigenvalue weighted by atomic mass is 16.6. The normalized spacial score (nSPS) is 10.4. The average molecular weight is 329 g/mol. The van der Waals surface area contributed by atoms with Crippen molar-refractivity contribution in [3.8, 4) is 0 Å². The molecule has 0 atom stereocenters. The Morgan fingerprint density at radius 1 is 0.957 bits per heavy atom. The first-order valence-corrected chi connectivity index (χ1v) is 7.79. The molecule has 0 bridgehead atoms. The fourth-order valence-corrected chi connectivity index (χ4v) is 1.54. The van der Waals surface area contributed by atoms with Crippen LogP contribution in [0.25, 0.3) is 0 Å². The predicted molar refractivity (Wildman–Crippen MR) is 85.5 cm³/mol. The van der Waals surface area contributed by atoms with E-state index in [9.17, 15) is 9.59 Å². The van der Waals surface area contributed by atoms with Crippen molar-refractivity contribution in [1.29, 1.82) is 0 Å². The molecule has 0 rings (SSSR count). The molecule has 0 radical (unpaired) electrons. The fourth-order valence-electron chi connectivity index (χ4n) is 1.54. The average Bonchev–Trinajstić information content (AvgIpc) is 2.54. The van der Waals surface area contributed by atoms with Gasteiger partial charge in [0.2, 0.25) is 0 Å². The lowest BCUT2D eigenvalue weighted by Gasteiger charge is -2.17. The molecule has 7 nitrogen and oxygen atoms in total. The van der Waals surface area contributed by atoms with E-state index in [1.807, 2.05) is 13.8 Å². The predicted octanol–water partition coefficient (Wildman–Crippen LogP) is 0.619. The van der Waals surface area contributed by atoms with Crippen LogP contribution >= 0.6 is 0 Å². The van der Waals surface area contributed by atoms with Gasteiger partial charge in [0, 0.05) is 13.1 Å². The summed E-state index contributed by atoms with van der Waals surface area (Å²) in [5, 5.41) is 17.8. The zero-order chi connectivity index (χ0) is 17.5. The summed E-state index contributed by atoms with van der Waals surface area (Å²) >= 11 is 0. The van der Waals surface area contributed by atoms with Crippen molar-refractivity contribution in [3.05, 3.63) is 23.9 Å². The van der Waals surface area contributed by atoms with Gasteiger partial charge in [-0.3, -0.25) is 0 Å². The Morgan fingerprint density at radius 2 is 1.43 bits per heavy atom. The van der Waals surface area contributed by atoms with E-state index in [1.165, 1.54) is 12.2 Å². The van der Waals surface area contributed by atoms with Crippen LogP contribution in [0.5, 0.6) is 0 Å². The maximum atomic E-state index is 11.9. The van der Waals surface area contributed by atoms with E-state index in [2.05, 4.69) is 0 Å². The lowest BCUT2D eigenvalue weighted by atomic mass is 10.2. The van der Waals surface area contributed by atoms with Gasteiger partial charge in [0.25, 0.3) is 0 Å². The van der Waals surface area contributed by atoms with Gasteiger partial charge in [0.1, 0.15) is 5.57 Å². The van der Waals surface area contributed by atoms with Crippen LogP contribution in [0.2, 0.25) is 0 Å². The molecule has 0 unspecified atom stereocenters.